The maximum absolute atomic E-state index is 13.4. The first-order valence-electron chi connectivity index (χ1n) is 12.2. The molecule has 1 aromatic heterocycles. The summed E-state index contributed by atoms with van der Waals surface area (Å²) in [5, 5.41) is 7.50. The number of benzene rings is 2. The van der Waals surface area contributed by atoms with Crippen LogP contribution in [-0.4, -0.2) is 51.2 Å². The van der Waals surface area contributed by atoms with Crippen molar-refractivity contribution in [1.29, 1.82) is 0 Å². The fraction of sp³-hybridized carbons (Fsp3) is 0.357. The molecule has 188 valence electrons. The van der Waals surface area contributed by atoms with Crippen LogP contribution in [0.1, 0.15) is 72.9 Å². The topological polar surface area (TPSA) is 93.5 Å². The number of ether oxygens (including phenoxy) is 1. The Balaban J connectivity index is 1.58. The summed E-state index contributed by atoms with van der Waals surface area (Å²) in [4.78, 5) is 39.2. The van der Waals surface area contributed by atoms with Gasteiger partial charge in [-0.15, -0.1) is 0 Å². The molecule has 0 radical (unpaired) electrons. The Morgan fingerprint density at radius 1 is 0.972 bits per heavy atom. The molecular formula is C28H32N4O4. The monoisotopic (exact) mass is 488 g/mol. The molecule has 8 heteroatoms. The van der Waals surface area contributed by atoms with Gasteiger partial charge in [-0.3, -0.25) is 9.59 Å². The van der Waals surface area contributed by atoms with Gasteiger partial charge in [-0.25, -0.2) is 9.48 Å². The first kappa shape index (κ1) is 25.2. The van der Waals surface area contributed by atoms with Gasteiger partial charge in [-0.05, 0) is 76.9 Å². The van der Waals surface area contributed by atoms with Crippen LogP contribution in [0.3, 0.4) is 0 Å². The molecule has 1 saturated heterocycles. The number of hydrogen-bond donors (Lipinski definition) is 1. The van der Waals surface area contributed by atoms with Gasteiger partial charge in [0.2, 0.25) is 0 Å². The maximum Gasteiger partial charge on any atom is 0.410 e. The van der Waals surface area contributed by atoms with Crippen molar-refractivity contribution in [1.82, 2.24) is 14.7 Å². The third-order valence-electron chi connectivity index (χ3n) is 6.13. The van der Waals surface area contributed by atoms with Crippen LogP contribution in [0.2, 0.25) is 0 Å². The van der Waals surface area contributed by atoms with E-state index in [0.717, 1.165) is 11.4 Å². The summed E-state index contributed by atoms with van der Waals surface area (Å²) in [7, 11) is 0. The third-order valence-corrected chi connectivity index (χ3v) is 6.13. The minimum atomic E-state index is -0.548. The molecule has 0 atom stereocenters. The molecule has 4 rings (SSSR count). The number of aromatic nitrogens is 2. The molecule has 3 aromatic rings. The molecule has 1 N–H and O–H groups in total. The molecule has 1 aliphatic rings. The number of nitrogens with zero attached hydrogens (tertiary/aromatic N) is 3. The third kappa shape index (κ3) is 5.82. The second kappa shape index (κ2) is 10.4. The molecule has 36 heavy (non-hydrogen) atoms. The Hall–Kier alpha value is -3.94. The van der Waals surface area contributed by atoms with Crippen LogP contribution < -0.4 is 5.32 Å². The van der Waals surface area contributed by atoms with Gasteiger partial charge in [-0.1, -0.05) is 18.2 Å². The number of carbonyl (C=O) groups is 3. The quantitative estimate of drug-likeness (QED) is 0.483. The molecule has 0 unspecified atom stereocenters. The summed E-state index contributed by atoms with van der Waals surface area (Å²) in [6.45, 7) is 8.14. The minimum Gasteiger partial charge on any atom is -0.444 e. The summed E-state index contributed by atoms with van der Waals surface area (Å²) in [5.74, 6) is -0.262. The number of ketones is 1. The molecule has 0 spiro atoms. The Kier molecular flexibility index (Phi) is 7.24. The Morgan fingerprint density at radius 2 is 1.61 bits per heavy atom. The number of para-hydroxylation sites is 1. The van der Waals surface area contributed by atoms with Crippen LogP contribution in [0.15, 0.2) is 60.8 Å². The fourth-order valence-corrected chi connectivity index (χ4v) is 4.35. The highest BCUT2D eigenvalue weighted by atomic mass is 16.6. The van der Waals surface area contributed by atoms with E-state index in [4.69, 9.17) is 4.74 Å². The molecule has 2 amide bonds. The number of nitrogens with one attached hydrogen (secondary N) is 1. The number of hydrogen-bond acceptors (Lipinski definition) is 5. The van der Waals surface area contributed by atoms with Gasteiger partial charge in [0.1, 0.15) is 5.60 Å². The van der Waals surface area contributed by atoms with Crippen LogP contribution in [-0.2, 0) is 4.74 Å². The number of rotatable bonds is 5. The lowest BCUT2D eigenvalue weighted by molar-refractivity contribution is 0.0203. The molecule has 0 saturated carbocycles. The van der Waals surface area contributed by atoms with Crippen LogP contribution in [0.5, 0.6) is 0 Å². The zero-order valence-electron chi connectivity index (χ0n) is 21.2. The molecule has 0 aliphatic carbocycles. The van der Waals surface area contributed by atoms with Gasteiger partial charge < -0.3 is 15.0 Å². The van der Waals surface area contributed by atoms with Crippen LogP contribution >= 0.6 is 0 Å². The predicted octanol–water partition coefficient (Wildman–Crippen LogP) is 5.44. The summed E-state index contributed by atoms with van der Waals surface area (Å²) < 4.78 is 7.35. The van der Waals surface area contributed by atoms with Gasteiger partial charge >= 0.3 is 6.09 Å². The molecule has 2 aromatic carbocycles. The lowest BCUT2D eigenvalue weighted by Crippen LogP contribution is -2.41. The number of piperidine rings is 1. The van der Waals surface area contributed by atoms with E-state index in [0.29, 0.717) is 42.7 Å². The lowest BCUT2D eigenvalue weighted by atomic mass is 9.90. The van der Waals surface area contributed by atoms with Gasteiger partial charge in [-0.2, -0.15) is 5.10 Å². The van der Waals surface area contributed by atoms with Crippen molar-refractivity contribution in [2.75, 3.05) is 18.4 Å². The number of likely N-dealkylation sites (tertiary alicyclic amines) is 1. The first-order chi connectivity index (χ1) is 17.1. The number of carbonyl (C=O) groups excluding carboxylic acids is 3. The highest BCUT2D eigenvalue weighted by Gasteiger charge is 2.32. The van der Waals surface area contributed by atoms with Crippen LogP contribution in [0, 0.1) is 0 Å². The second-order valence-electron chi connectivity index (χ2n) is 10.0. The summed E-state index contributed by atoms with van der Waals surface area (Å²) in [5.41, 5.74) is 2.82. The van der Waals surface area contributed by atoms with E-state index in [9.17, 15) is 14.4 Å². The number of Topliss-reactive ketones (excluding diaryl/α,β-unsaturated/α-hetero) is 1. The van der Waals surface area contributed by atoms with E-state index < -0.39 is 5.60 Å². The summed E-state index contributed by atoms with van der Waals surface area (Å²) in [6.07, 6.45) is 2.66. The van der Waals surface area contributed by atoms with Crippen molar-refractivity contribution in [3.63, 3.8) is 0 Å². The average molecular weight is 489 g/mol. The van der Waals surface area contributed by atoms with Crippen LogP contribution in [0.25, 0.3) is 5.69 Å². The lowest BCUT2D eigenvalue weighted by Gasteiger charge is -2.34. The molecule has 2 heterocycles. The van der Waals surface area contributed by atoms with Gasteiger partial charge in [0.15, 0.2) is 5.78 Å². The van der Waals surface area contributed by atoms with E-state index in [2.05, 4.69) is 10.4 Å². The summed E-state index contributed by atoms with van der Waals surface area (Å²) in [6, 6.07) is 16.5. The van der Waals surface area contributed by atoms with E-state index in [-0.39, 0.29) is 23.7 Å². The highest BCUT2D eigenvalue weighted by molar-refractivity contribution is 6.05. The Morgan fingerprint density at radius 3 is 2.19 bits per heavy atom. The molecule has 0 bridgehead atoms. The normalized spacial score (nSPS) is 14.4. The maximum atomic E-state index is 13.4. The molecule has 1 fully saturated rings. The number of anilines is 1. The molecule has 8 nitrogen and oxygen atoms in total. The van der Waals surface area contributed by atoms with Crippen LogP contribution in [0.4, 0.5) is 10.5 Å². The highest BCUT2D eigenvalue weighted by Crippen LogP contribution is 2.33. The molecule has 1 aliphatic heterocycles. The molecular weight excluding hydrogens is 456 g/mol. The van der Waals surface area contributed by atoms with Crippen molar-refractivity contribution < 1.29 is 19.1 Å². The largest absolute Gasteiger partial charge is 0.444 e. The Bertz CT molecular complexity index is 1230. The minimum absolute atomic E-state index is 0.0305. The van der Waals surface area contributed by atoms with Crippen molar-refractivity contribution in [2.24, 2.45) is 0 Å². The van der Waals surface area contributed by atoms with Crippen molar-refractivity contribution in [2.45, 2.75) is 52.1 Å². The van der Waals surface area contributed by atoms with Gasteiger partial charge in [0, 0.05) is 30.3 Å². The number of amides is 2. The Labute approximate surface area is 211 Å². The zero-order valence-corrected chi connectivity index (χ0v) is 21.2. The van der Waals surface area contributed by atoms with E-state index in [1.54, 1.807) is 35.4 Å². The van der Waals surface area contributed by atoms with Crippen molar-refractivity contribution in [3.05, 3.63) is 77.6 Å². The second-order valence-corrected chi connectivity index (χ2v) is 10.0. The standard InChI is InChI=1S/C28H32N4O4/c1-19(33)20-10-12-22(13-11-20)30-26(34)24-18-29-32(23-8-6-5-7-9-23)25(24)21-14-16-31(17-15-21)27(35)36-28(2,3)4/h5-13,18,21H,14-17H2,1-4H3,(H,30,34). The average Bonchev–Trinajstić information content (AvgIpc) is 3.29. The van der Waals surface area contributed by atoms with E-state index in [1.165, 1.54) is 6.92 Å². The van der Waals surface area contributed by atoms with Crippen molar-refractivity contribution >= 4 is 23.5 Å². The summed E-state index contributed by atoms with van der Waals surface area (Å²) >= 11 is 0. The smallest absolute Gasteiger partial charge is 0.410 e. The fourth-order valence-electron chi connectivity index (χ4n) is 4.35. The zero-order chi connectivity index (χ0) is 25.9. The van der Waals surface area contributed by atoms with Gasteiger partial charge in [0.25, 0.3) is 5.91 Å². The first-order valence-corrected chi connectivity index (χ1v) is 12.2. The SMILES string of the molecule is CC(=O)c1ccc(NC(=O)c2cnn(-c3ccccc3)c2C2CCN(C(=O)OC(C)(C)C)CC2)cc1. The van der Waals surface area contributed by atoms with E-state index in [1.807, 2.05) is 55.8 Å². The van der Waals surface area contributed by atoms with Crippen molar-refractivity contribution in [3.8, 4) is 5.69 Å². The van der Waals surface area contributed by atoms with E-state index >= 15 is 0 Å². The van der Waals surface area contributed by atoms with Gasteiger partial charge in [0.05, 0.1) is 23.1 Å². The predicted molar refractivity (Wildman–Crippen MR) is 138 cm³/mol.